The normalized spacial score (nSPS) is 23.3. The molecule has 0 aromatic carbocycles. The van der Waals surface area contributed by atoms with Crippen molar-refractivity contribution >= 4 is 0 Å². The van der Waals surface area contributed by atoms with E-state index in [4.69, 9.17) is 10.5 Å². The molecule has 3 nitrogen and oxygen atoms in total. The van der Waals surface area contributed by atoms with E-state index >= 15 is 0 Å². The zero-order valence-corrected chi connectivity index (χ0v) is 8.88. The second-order valence-electron chi connectivity index (χ2n) is 3.75. The van der Waals surface area contributed by atoms with E-state index in [9.17, 15) is 0 Å². The van der Waals surface area contributed by atoms with Crippen LogP contribution in [0.3, 0.4) is 0 Å². The van der Waals surface area contributed by atoms with Crippen LogP contribution in [0.1, 0.15) is 26.7 Å². The Labute approximate surface area is 81.2 Å². The third kappa shape index (κ3) is 2.66. The van der Waals surface area contributed by atoms with Gasteiger partial charge in [0.25, 0.3) is 0 Å². The molecule has 1 rings (SSSR count). The minimum atomic E-state index is -0.0135. The van der Waals surface area contributed by atoms with Crippen molar-refractivity contribution in [3.05, 3.63) is 0 Å². The summed E-state index contributed by atoms with van der Waals surface area (Å²) in [5.41, 5.74) is 5.75. The summed E-state index contributed by atoms with van der Waals surface area (Å²) in [6, 6.07) is 0. The van der Waals surface area contributed by atoms with Gasteiger partial charge in [-0.05, 0) is 26.3 Å². The molecule has 1 aliphatic rings. The second-order valence-corrected chi connectivity index (χ2v) is 3.75. The van der Waals surface area contributed by atoms with Crippen molar-refractivity contribution in [1.29, 1.82) is 0 Å². The molecule has 78 valence electrons. The Balaban J connectivity index is 2.42. The van der Waals surface area contributed by atoms with E-state index in [1.807, 2.05) is 6.92 Å². The molecule has 3 heteroatoms. The molecule has 13 heavy (non-hydrogen) atoms. The molecule has 0 saturated carbocycles. The van der Waals surface area contributed by atoms with Gasteiger partial charge in [-0.25, -0.2) is 0 Å². The summed E-state index contributed by atoms with van der Waals surface area (Å²) < 4.78 is 5.76. The molecule has 1 fully saturated rings. The maximum atomic E-state index is 5.77. The lowest BCUT2D eigenvalue weighted by Gasteiger charge is -2.40. The first-order valence-electron chi connectivity index (χ1n) is 5.32. The van der Waals surface area contributed by atoms with Crippen molar-refractivity contribution < 1.29 is 4.74 Å². The van der Waals surface area contributed by atoms with Crippen LogP contribution in [0.5, 0.6) is 0 Å². The molecule has 0 radical (unpaired) electrons. The predicted molar refractivity (Wildman–Crippen MR) is 54.8 cm³/mol. The summed E-state index contributed by atoms with van der Waals surface area (Å²) in [6.07, 6.45) is 2.18. The van der Waals surface area contributed by atoms with Gasteiger partial charge >= 0.3 is 0 Å². The van der Waals surface area contributed by atoms with Gasteiger partial charge in [0.2, 0.25) is 0 Å². The number of hydrogen-bond acceptors (Lipinski definition) is 3. The highest BCUT2D eigenvalue weighted by molar-refractivity contribution is 4.88. The minimum absolute atomic E-state index is 0.0135. The van der Waals surface area contributed by atoms with Crippen LogP contribution < -0.4 is 5.73 Å². The van der Waals surface area contributed by atoms with Gasteiger partial charge < -0.3 is 15.4 Å². The first kappa shape index (κ1) is 11.0. The topological polar surface area (TPSA) is 38.5 Å². The Bertz CT molecular complexity index is 142. The van der Waals surface area contributed by atoms with Crippen LogP contribution in [0.15, 0.2) is 0 Å². The van der Waals surface area contributed by atoms with E-state index in [1.165, 1.54) is 0 Å². The van der Waals surface area contributed by atoms with Crippen molar-refractivity contribution in [2.75, 3.05) is 32.8 Å². The van der Waals surface area contributed by atoms with Gasteiger partial charge in [0.05, 0.1) is 5.60 Å². The largest absolute Gasteiger partial charge is 0.374 e. The summed E-state index contributed by atoms with van der Waals surface area (Å²) in [5, 5.41) is 0. The Morgan fingerprint density at radius 1 is 1.31 bits per heavy atom. The van der Waals surface area contributed by atoms with Crippen molar-refractivity contribution in [2.45, 2.75) is 32.3 Å². The van der Waals surface area contributed by atoms with Crippen LogP contribution in [0, 0.1) is 0 Å². The number of rotatable bonds is 4. The van der Waals surface area contributed by atoms with E-state index in [2.05, 4.69) is 11.8 Å². The molecule has 0 spiro atoms. The molecule has 0 atom stereocenters. The van der Waals surface area contributed by atoms with Crippen LogP contribution in [-0.2, 0) is 4.74 Å². The van der Waals surface area contributed by atoms with Gasteiger partial charge in [0.15, 0.2) is 0 Å². The van der Waals surface area contributed by atoms with E-state index in [0.29, 0.717) is 6.54 Å². The molecule has 0 bridgehead atoms. The maximum Gasteiger partial charge on any atom is 0.0828 e. The lowest BCUT2D eigenvalue weighted by molar-refractivity contribution is -0.0716. The Morgan fingerprint density at radius 3 is 2.31 bits per heavy atom. The molecule has 1 saturated heterocycles. The lowest BCUT2D eigenvalue weighted by Crippen LogP contribution is -2.50. The SMILES string of the molecule is CCOC1(CN)CCN(CC)CC1. The predicted octanol–water partition coefficient (Wildman–Crippen LogP) is 0.836. The number of piperidine rings is 1. The smallest absolute Gasteiger partial charge is 0.0828 e. The van der Waals surface area contributed by atoms with Gasteiger partial charge in [0.1, 0.15) is 0 Å². The highest BCUT2D eigenvalue weighted by atomic mass is 16.5. The van der Waals surface area contributed by atoms with Gasteiger partial charge in [-0.15, -0.1) is 0 Å². The van der Waals surface area contributed by atoms with E-state index in [-0.39, 0.29) is 5.60 Å². The van der Waals surface area contributed by atoms with Crippen LogP contribution in [0.4, 0.5) is 0 Å². The molecule has 1 heterocycles. The second kappa shape index (κ2) is 4.94. The molecule has 0 unspecified atom stereocenters. The summed E-state index contributed by atoms with van der Waals surface area (Å²) in [5.74, 6) is 0. The zero-order chi connectivity index (χ0) is 9.73. The summed E-state index contributed by atoms with van der Waals surface area (Å²) in [7, 11) is 0. The van der Waals surface area contributed by atoms with Crippen LogP contribution in [0.25, 0.3) is 0 Å². The van der Waals surface area contributed by atoms with Crippen molar-refractivity contribution in [3.63, 3.8) is 0 Å². The molecule has 0 aromatic heterocycles. The number of nitrogens with zero attached hydrogens (tertiary/aromatic N) is 1. The third-order valence-electron chi connectivity index (χ3n) is 3.04. The third-order valence-corrected chi connectivity index (χ3v) is 3.04. The number of likely N-dealkylation sites (tertiary alicyclic amines) is 1. The van der Waals surface area contributed by atoms with Crippen LogP contribution >= 0.6 is 0 Å². The molecule has 2 N–H and O–H groups in total. The van der Waals surface area contributed by atoms with Gasteiger partial charge in [0, 0.05) is 26.2 Å². The minimum Gasteiger partial charge on any atom is -0.374 e. The standard InChI is InChI=1S/C10H22N2O/c1-3-12-7-5-10(9-11,6-8-12)13-4-2/h3-9,11H2,1-2H3. The molecule has 0 aromatic rings. The fourth-order valence-corrected chi connectivity index (χ4v) is 1.99. The van der Waals surface area contributed by atoms with E-state index in [1.54, 1.807) is 0 Å². The molecular weight excluding hydrogens is 164 g/mol. The van der Waals surface area contributed by atoms with Crippen molar-refractivity contribution in [2.24, 2.45) is 5.73 Å². The highest BCUT2D eigenvalue weighted by Gasteiger charge is 2.33. The highest BCUT2D eigenvalue weighted by Crippen LogP contribution is 2.24. The zero-order valence-electron chi connectivity index (χ0n) is 8.88. The average Bonchev–Trinajstić information content (AvgIpc) is 2.19. The molecule has 1 aliphatic heterocycles. The Hall–Kier alpha value is -0.120. The van der Waals surface area contributed by atoms with E-state index in [0.717, 1.165) is 39.1 Å². The quantitative estimate of drug-likeness (QED) is 0.707. The fraction of sp³-hybridized carbons (Fsp3) is 1.00. The van der Waals surface area contributed by atoms with Gasteiger partial charge in [-0.1, -0.05) is 6.92 Å². The molecular formula is C10H22N2O. The molecule has 0 aliphatic carbocycles. The van der Waals surface area contributed by atoms with Crippen molar-refractivity contribution in [3.8, 4) is 0 Å². The van der Waals surface area contributed by atoms with Crippen molar-refractivity contribution in [1.82, 2.24) is 4.90 Å². The summed E-state index contributed by atoms with van der Waals surface area (Å²) in [4.78, 5) is 2.45. The lowest BCUT2D eigenvalue weighted by atomic mass is 9.91. The number of nitrogens with two attached hydrogens (primary N) is 1. The average molecular weight is 186 g/mol. The first-order chi connectivity index (χ1) is 6.26. The van der Waals surface area contributed by atoms with Crippen LogP contribution in [-0.4, -0.2) is 43.3 Å². The Kier molecular flexibility index (Phi) is 4.16. The van der Waals surface area contributed by atoms with Crippen LogP contribution in [0.2, 0.25) is 0 Å². The summed E-state index contributed by atoms with van der Waals surface area (Å²) >= 11 is 0. The van der Waals surface area contributed by atoms with E-state index < -0.39 is 0 Å². The van der Waals surface area contributed by atoms with Gasteiger partial charge in [-0.3, -0.25) is 0 Å². The molecule has 0 amide bonds. The number of hydrogen-bond donors (Lipinski definition) is 1. The first-order valence-corrected chi connectivity index (χ1v) is 5.32. The fourth-order valence-electron chi connectivity index (χ4n) is 1.99. The van der Waals surface area contributed by atoms with Gasteiger partial charge in [-0.2, -0.15) is 0 Å². The monoisotopic (exact) mass is 186 g/mol. The maximum absolute atomic E-state index is 5.77. The summed E-state index contributed by atoms with van der Waals surface area (Å²) in [6.45, 7) is 9.11. The Morgan fingerprint density at radius 2 is 1.92 bits per heavy atom. The number of ether oxygens (including phenoxy) is 1.